The third-order valence-electron chi connectivity index (χ3n) is 2.15. The normalized spacial score (nSPS) is 11.4. The number of nitrogens with one attached hydrogen (secondary N) is 1. The number of rotatable bonds is 8. The molecular weight excluding hydrogens is 279 g/mol. The molecule has 19 heavy (non-hydrogen) atoms. The van der Waals surface area contributed by atoms with Crippen LogP contribution in [0.3, 0.4) is 0 Å². The number of halogens is 3. The van der Waals surface area contributed by atoms with Gasteiger partial charge in [-0.1, -0.05) is 0 Å². The average Bonchev–Trinajstić information content (AvgIpc) is 2.37. The van der Waals surface area contributed by atoms with Gasteiger partial charge >= 0.3 is 5.51 Å². The Balaban J connectivity index is 2.04. The van der Waals surface area contributed by atoms with E-state index in [4.69, 9.17) is 9.47 Å². The molecule has 0 heterocycles. The molecule has 1 aromatic rings. The molecular formula is C12H16F3NO2S. The third-order valence-corrected chi connectivity index (χ3v) is 2.89. The van der Waals surface area contributed by atoms with Crippen molar-refractivity contribution in [1.82, 2.24) is 5.32 Å². The lowest BCUT2D eigenvalue weighted by Gasteiger charge is -2.09. The maximum absolute atomic E-state index is 11.8. The minimum atomic E-state index is -4.15. The molecule has 1 N–H and O–H groups in total. The zero-order chi connectivity index (χ0) is 14.1. The van der Waals surface area contributed by atoms with E-state index in [1.54, 1.807) is 31.4 Å². The monoisotopic (exact) mass is 295 g/mol. The number of benzene rings is 1. The van der Waals surface area contributed by atoms with Crippen LogP contribution in [0.4, 0.5) is 13.2 Å². The average molecular weight is 295 g/mol. The zero-order valence-corrected chi connectivity index (χ0v) is 11.3. The number of hydrogen-bond acceptors (Lipinski definition) is 4. The molecule has 7 heteroatoms. The van der Waals surface area contributed by atoms with Crippen LogP contribution < -0.4 is 14.8 Å². The van der Waals surface area contributed by atoms with E-state index in [1.165, 1.54) is 0 Å². The first-order chi connectivity index (χ1) is 9.01. The van der Waals surface area contributed by atoms with Gasteiger partial charge in [-0.05, 0) is 36.0 Å². The maximum atomic E-state index is 11.8. The molecule has 0 aliphatic heterocycles. The van der Waals surface area contributed by atoms with Gasteiger partial charge < -0.3 is 14.8 Å². The van der Waals surface area contributed by atoms with Crippen molar-refractivity contribution in [2.24, 2.45) is 0 Å². The molecule has 1 rings (SSSR count). The van der Waals surface area contributed by atoms with Gasteiger partial charge in [0.15, 0.2) is 0 Å². The smallest absolute Gasteiger partial charge is 0.441 e. The fraction of sp³-hybridized carbons (Fsp3) is 0.500. The van der Waals surface area contributed by atoms with Crippen molar-refractivity contribution in [3.8, 4) is 11.5 Å². The van der Waals surface area contributed by atoms with Crippen LogP contribution in [0, 0.1) is 0 Å². The Morgan fingerprint density at radius 2 is 1.74 bits per heavy atom. The van der Waals surface area contributed by atoms with Crippen LogP contribution in [-0.2, 0) is 0 Å². The van der Waals surface area contributed by atoms with Crippen LogP contribution in [0.1, 0.15) is 0 Å². The number of ether oxygens (including phenoxy) is 2. The van der Waals surface area contributed by atoms with Crippen molar-refractivity contribution in [1.29, 1.82) is 0 Å². The predicted octanol–water partition coefficient (Wildman–Crippen LogP) is 2.92. The highest BCUT2D eigenvalue weighted by Crippen LogP contribution is 2.29. The van der Waals surface area contributed by atoms with Crippen molar-refractivity contribution in [2.45, 2.75) is 5.51 Å². The van der Waals surface area contributed by atoms with E-state index in [2.05, 4.69) is 5.32 Å². The highest BCUT2D eigenvalue weighted by Gasteiger charge is 2.27. The minimum Gasteiger partial charge on any atom is -0.497 e. The van der Waals surface area contributed by atoms with Crippen LogP contribution in [0.5, 0.6) is 11.5 Å². The van der Waals surface area contributed by atoms with Crippen LogP contribution in [-0.4, -0.2) is 38.1 Å². The summed E-state index contributed by atoms with van der Waals surface area (Å²) < 4.78 is 45.9. The van der Waals surface area contributed by atoms with Gasteiger partial charge in [-0.2, -0.15) is 13.2 Å². The van der Waals surface area contributed by atoms with Gasteiger partial charge in [0.25, 0.3) is 0 Å². The van der Waals surface area contributed by atoms with Gasteiger partial charge in [0.1, 0.15) is 18.1 Å². The van der Waals surface area contributed by atoms with Crippen LogP contribution in [0.25, 0.3) is 0 Å². The third kappa shape index (κ3) is 7.84. The lowest BCUT2D eigenvalue weighted by atomic mass is 10.3. The van der Waals surface area contributed by atoms with Crippen molar-refractivity contribution < 1.29 is 22.6 Å². The standard InChI is InChI=1S/C12H16F3NO2S/c1-17-10-2-4-11(5-3-10)18-8-6-16-7-9-19-12(13,14)15/h2-5,16H,6-9H2,1H3. The molecule has 0 aromatic heterocycles. The molecule has 0 aliphatic carbocycles. The first kappa shape index (κ1) is 16.0. The van der Waals surface area contributed by atoms with Crippen LogP contribution >= 0.6 is 11.8 Å². The Labute approximate surface area is 114 Å². The first-order valence-electron chi connectivity index (χ1n) is 5.69. The summed E-state index contributed by atoms with van der Waals surface area (Å²) in [6.45, 7) is 1.21. The van der Waals surface area contributed by atoms with Gasteiger partial charge in [-0.25, -0.2) is 0 Å². The van der Waals surface area contributed by atoms with Gasteiger partial charge in [-0.3, -0.25) is 0 Å². The summed E-state index contributed by atoms with van der Waals surface area (Å²) in [7, 11) is 1.58. The zero-order valence-electron chi connectivity index (χ0n) is 10.5. The molecule has 0 saturated carbocycles. The SMILES string of the molecule is COc1ccc(OCCNCCSC(F)(F)F)cc1. The predicted molar refractivity (Wildman–Crippen MR) is 69.9 cm³/mol. The highest BCUT2D eigenvalue weighted by molar-refractivity contribution is 8.00. The molecule has 1 aromatic carbocycles. The molecule has 0 spiro atoms. The van der Waals surface area contributed by atoms with Crippen LogP contribution in [0.2, 0.25) is 0 Å². The summed E-state index contributed by atoms with van der Waals surface area (Å²) >= 11 is -0.0251. The first-order valence-corrected chi connectivity index (χ1v) is 6.68. The summed E-state index contributed by atoms with van der Waals surface area (Å²) in [4.78, 5) is 0. The quantitative estimate of drug-likeness (QED) is 0.747. The largest absolute Gasteiger partial charge is 0.497 e. The van der Waals surface area contributed by atoms with Crippen molar-refractivity contribution in [2.75, 3.05) is 32.6 Å². The second-order valence-corrected chi connectivity index (χ2v) is 4.73. The lowest BCUT2D eigenvalue weighted by Crippen LogP contribution is -2.24. The second-order valence-electron chi connectivity index (χ2n) is 3.57. The van der Waals surface area contributed by atoms with Crippen molar-refractivity contribution in [3.63, 3.8) is 0 Å². The molecule has 0 bridgehead atoms. The molecule has 0 aliphatic rings. The van der Waals surface area contributed by atoms with Gasteiger partial charge in [-0.15, -0.1) is 0 Å². The summed E-state index contributed by atoms with van der Waals surface area (Å²) in [6, 6.07) is 7.11. The van der Waals surface area contributed by atoms with E-state index >= 15 is 0 Å². The van der Waals surface area contributed by atoms with Crippen LogP contribution in [0.15, 0.2) is 24.3 Å². The number of methoxy groups -OCH3 is 1. The van der Waals surface area contributed by atoms with E-state index < -0.39 is 5.51 Å². The van der Waals surface area contributed by atoms with Crippen molar-refractivity contribution in [3.05, 3.63) is 24.3 Å². The Hall–Kier alpha value is -1.08. The fourth-order valence-corrected chi connectivity index (χ4v) is 1.75. The summed E-state index contributed by atoms with van der Waals surface area (Å²) in [5, 5.41) is 2.88. The Morgan fingerprint density at radius 3 is 2.32 bits per heavy atom. The molecule has 108 valence electrons. The van der Waals surface area contributed by atoms with Crippen molar-refractivity contribution >= 4 is 11.8 Å². The molecule has 0 fully saturated rings. The number of hydrogen-bond donors (Lipinski definition) is 1. The van der Waals surface area contributed by atoms with Gasteiger partial charge in [0, 0.05) is 18.8 Å². The Morgan fingerprint density at radius 1 is 1.11 bits per heavy atom. The maximum Gasteiger partial charge on any atom is 0.441 e. The minimum absolute atomic E-state index is 0.00599. The second kappa shape index (κ2) is 8.16. The van der Waals surface area contributed by atoms with Gasteiger partial charge in [0.05, 0.1) is 7.11 Å². The summed E-state index contributed by atoms with van der Waals surface area (Å²) in [6.07, 6.45) is 0. The molecule has 0 unspecified atom stereocenters. The van der Waals surface area contributed by atoms with E-state index in [9.17, 15) is 13.2 Å². The fourth-order valence-electron chi connectivity index (χ4n) is 1.28. The topological polar surface area (TPSA) is 30.5 Å². The molecule has 0 atom stereocenters. The van der Waals surface area contributed by atoms with E-state index in [0.29, 0.717) is 25.4 Å². The van der Waals surface area contributed by atoms with E-state index in [0.717, 1.165) is 5.75 Å². The molecule has 0 saturated heterocycles. The Kier molecular flexibility index (Phi) is 6.86. The van der Waals surface area contributed by atoms with E-state index in [1.807, 2.05) is 0 Å². The summed E-state index contributed by atoms with van der Waals surface area (Å²) in [5.41, 5.74) is -4.15. The highest BCUT2D eigenvalue weighted by atomic mass is 32.2. The number of thioether (sulfide) groups is 1. The molecule has 0 radical (unpaired) electrons. The Bertz CT molecular complexity index is 357. The molecule has 0 amide bonds. The van der Waals surface area contributed by atoms with E-state index in [-0.39, 0.29) is 17.5 Å². The summed E-state index contributed by atoms with van der Waals surface area (Å²) in [5.74, 6) is 1.45. The lowest BCUT2D eigenvalue weighted by molar-refractivity contribution is -0.0327. The van der Waals surface area contributed by atoms with Gasteiger partial charge in [0.2, 0.25) is 0 Å². The number of alkyl halides is 3. The molecule has 3 nitrogen and oxygen atoms in total.